The van der Waals surface area contributed by atoms with Gasteiger partial charge in [0.2, 0.25) is 88.6 Å². The summed E-state index contributed by atoms with van der Waals surface area (Å²) in [7, 11) is 1.37. The highest BCUT2D eigenvalue weighted by molar-refractivity contribution is 5.98. The Morgan fingerprint density at radius 2 is 0.863 bits per heavy atom. The average molecular weight is 1770 g/mol. The number of nitrogens with two attached hydrogens (primary N) is 2. The summed E-state index contributed by atoms with van der Waals surface area (Å²) in [6, 6.07) is -13.2. The molecule has 0 saturated carbocycles. The molecule has 0 aliphatic rings. The van der Waals surface area contributed by atoms with Crippen LogP contribution in [0.25, 0.3) is 0 Å². The highest BCUT2D eigenvalue weighted by atomic mass is 16.5. The molecule has 2 heterocycles. The van der Waals surface area contributed by atoms with Gasteiger partial charge in [0, 0.05) is 71.4 Å². The average Bonchev–Trinajstić information content (AvgIpc) is 1.19. The van der Waals surface area contributed by atoms with E-state index in [0.717, 1.165) is 42.8 Å². The van der Waals surface area contributed by atoms with E-state index in [1.165, 1.54) is 77.4 Å². The third-order valence-electron chi connectivity index (χ3n) is 18.7. The molecule has 0 aromatic carbocycles. The predicted molar refractivity (Wildman–Crippen MR) is 437 cm³/mol. The first kappa shape index (κ1) is 109. The first-order chi connectivity index (χ1) is 59.5. The molecule has 2 rings (SSSR count). The van der Waals surface area contributed by atoms with Gasteiger partial charge >= 0.3 is 11.9 Å². The number of carboxylic acid groups (broad SMARTS) is 2. The van der Waals surface area contributed by atoms with E-state index in [1.54, 1.807) is 0 Å². The molecule has 0 bridgehead atoms. The number of nitrogens with zero attached hydrogens (tertiary/aromatic N) is 5. The maximum absolute atomic E-state index is 14.1. The number of H-pyrrole nitrogens is 2. The molecule has 8 atom stereocenters. The molecule has 124 heavy (non-hydrogen) atoms. The van der Waals surface area contributed by atoms with Crippen molar-refractivity contribution in [2.45, 2.75) is 229 Å². The first-order valence-corrected chi connectivity index (χ1v) is 41.8. The molecule has 0 aliphatic heterocycles. The van der Waals surface area contributed by atoms with Crippen molar-refractivity contribution in [2.75, 3.05) is 126 Å². The lowest BCUT2D eigenvalue weighted by Crippen LogP contribution is -2.61. The second-order valence-corrected chi connectivity index (χ2v) is 29.0. The second kappa shape index (κ2) is 67.4. The summed E-state index contributed by atoms with van der Waals surface area (Å²) in [5, 5.41) is 94.1. The summed E-state index contributed by atoms with van der Waals surface area (Å²) in [6.45, 7) is -3.60. The van der Waals surface area contributed by atoms with Crippen molar-refractivity contribution in [2.24, 2.45) is 11.5 Å². The monoisotopic (exact) mass is 1770 g/mol. The van der Waals surface area contributed by atoms with E-state index in [4.69, 9.17) is 30.4 Å². The number of likely N-dealkylation sites (N-methyl/N-ethyl adjacent to an activating group) is 1. The van der Waals surface area contributed by atoms with Crippen molar-refractivity contribution in [3.63, 3.8) is 0 Å². The van der Waals surface area contributed by atoms with Crippen molar-refractivity contribution in [3.05, 3.63) is 24.0 Å². The fourth-order valence-corrected chi connectivity index (χ4v) is 12.0. The van der Waals surface area contributed by atoms with E-state index in [1.807, 2.05) is 6.92 Å². The zero-order valence-corrected chi connectivity index (χ0v) is 70.8. The van der Waals surface area contributed by atoms with E-state index in [-0.39, 0.29) is 96.4 Å². The molecule has 15 amide bonds. The van der Waals surface area contributed by atoms with Crippen molar-refractivity contribution >= 4 is 101 Å². The van der Waals surface area contributed by atoms with E-state index in [0.29, 0.717) is 32.4 Å². The van der Waals surface area contributed by atoms with Crippen LogP contribution < -0.4 is 80.6 Å². The molecule has 700 valence electrons. The minimum Gasteiger partial charge on any atom is -0.480 e. The largest absolute Gasteiger partial charge is 0.480 e. The second-order valence-electron chi connectivity index (χ2n) is 29.0. The zero-order chi connectivity index (χ0) is 91.7. The standard InChI is InChI=1S/C76H130N22O26/c1-3-4-20-51(69(113)79-2)88-71(115)52(21-18-19-32-98(42-67(109)110)43-68(111)112)86-63(105)28-29-83-70(114)55(39-50-40-80-49-85-50)91-72(116)53(24-26-59(77)102)90-75(119)57(45-100)93-76(120)58(46-101)92-73(117)54(25-27-60(78)103)89-74(118)56(44-99)87-64(106)41-84-66(108)48-124-38-36-122-34-31-82-65(107)47-123-37-35-121-33-30-81-62(104)23-17-15-13-11-9-7-5-6-8-10-12-14-16-22-61-94-96-97-95-61/h40,49,51-58,99-101H,3-39,41-48H2,1-2H3,(H2,77,102)(H2,78,103)(H,79,113)(H,80,85)(H,81,104)(H,82,107)(H,83,114)(H,84,108)(H,86,105)(H,87,106)(H,88,115)(H,89,118)(H,90,119)(H,91,116)(H,92,117)(H,93,120)(H,109,110)(H,111,112)(H,94,95,96,97)/t51?,52-,53-,54-,55-,56+,57-,58-/m0/s1. The Morgan fingerprint density at radius 1 is 0.427 bits per heavy atom. The van der Waals surface area contributed by atoms with Gasteiger partial charge in [0.05, 0.1) is 91.1 Å². The Kier molecular flexibility index (Phi) is 59.3. The Labute approximate surface area is 718 Å². The number of carbonyl (C=O) groups is 17. The Bertz CT molecular complexity index is 3520. The van der Waals surface area contributed by atoms with Gasteiger partial charge in [0.1, 0.15) is 67.4 Å². The van der Waals surface area contributed by atoms with Crippen LogP contribution in [0.4, 0.5) is 0 Å². The minimum atomic E-state index is -2.01. The lowest BCUT2D eigenvalue weighted by Gasteiger charge is -2.26. The van der Waals surface area contributed by atoms with Gasteiger partial charge in [0.25, 0.3) is 0 Å². The zero-order valence-electron chi connectivity index (χ0n) is 70.8. The van der Waals surface area contributed by atoms with E-state index in [9.17, 15) is 107 Å². The number of aliphatic carboxylic acids is 2. The van der Waals surface area contributed by atoms with Crippen LogP contribution in [0.15, 0.2) is 12.5 Å². The number of imidazole rings is 1. The number of hydrogen-bond acceptors (Lipinski definition) is 29. The maximum Gasteiger partial charge on any atom is 0.317 e. The van der Waals surface area contributed by atoms with E-state index >= 15 is 0 Å². The molecule has 0 saturated heterocycles. The van der Waals surface area contributed by atoms with Gasteiger partial charge in [0.15, 0.2) is 0 Å². The third-order valence-corrected chi connectivity index (χ3v) is 18.7. The number of rotatable bonds is 76. The van der Waals surface area contributed by atoms with Crippen molar-refractivity contribution in [1.82, 2.24) is 105 Å². The number of ether oxygens (including phenoxy) is 4. The number of aromatic nitrogens is 6. The van der Waals surface area contributed by atoms with Crippen LogP contribution in [-0.2, 0) is 113 Å². The number of primary amides is 2. The number of carboxylic acids is 2. The SMILES string of the molecule is CCCCC(NC(=O)[C@H](CCCCN(CC(=O)O)CC(=O)O)NC(=O)CCNC(=O)[C@H](Cc1c[nH]cn1)NC(=O)[C@H](CCC(N)=O)NC(=O)[C@H](CO)NC(=O)[C@H](CO)NC(=O)[C@H](CCC(N)=O)NC(=O)[C@@H](CO)NC(=O)CNC(=O)COCCOCCNC(=O)COCCOCCNC(=O)CCCCCCCCCCCCCCCc1nnn[nH]1)C(=O)NC. The normalized spacial score (nSPS) is 13.0. The Balaban J connectivity index is 1.84. The number of nitrogens with one attached hydrogen (secondary N) is 15. The van der Waals surface area contributed by atoms with Gasteiger partial charge in [-0.25, -0.2) is 10.1 Å². The van der Waals surface area contributed by atoms with Crippen LogP contribution in [0.2, 0.25) is 0 Å². The molecule has 2 aromatic heterocycles. The smallest absolute Gasteiger partial charge is 0.317 e. The van der Waals surface area contributed by atoms with Crippen LogP contribution in [0.1, 0.15) is 179 Å². The lowest BCUT2D eigenvalue weighted by molar-refractivity contribution is -0.142. The van der Waals surface area contributed by atoms with Gasteiger partial charge in [-0.05, 0) is 68.3 Å². The third kappa shape index (κ3) is 53.1. The topological polar surface area (TPSA) is 723 Å². The number of hydrogen-bond donors (Lipinski definition) is 22. The maximum atomic E-state index is 14.1. The Hall–Kier alpha value is -11.0. The number of aliphatic hydroxyl groups excluding tert-OH is 3. The van der Waals surface area contributed by atoms with Crippen LogP contribution in [-0.4, -0.2) is 335 Å². The van der Waals surface area contributed by atoms with Crippen LogP contribution >= 0.6 is 0 Å². The number of aryl methyl sites for hydroxylation is 1. The number of carbonyl (C=O) groups excluding carboxylic acids is 15. The van der Waals surface area contributed by atoms with Gasteiger partial charge in [-0.1, -0.05) is 90.4 Å². The molecule has 24 N–H and O–H groups in total. The van der Waals surface area contributed by atoms with Crippen LogP contribution in [0, 0.1) is 0 Å². The molecule has 1 unspecified atom stereocenters. The number of amides is 15. The Morgan fingerprint density at radius 3 is 1.33 bits per heavy atom. The highest BCUT2D eigenvalue weighted by Gasteiger charge is 2.35. The summed E-state index contributed by atoms with van der Waals surface area (Å²) in [6.07, 6.45) is 17.9. The summed E-state index contributed by atoms with van der Waals surface area (Å²) >= 11 is 0. The van der Waals surface area contributed by atoms with Gasteiger partial charge < -0.3 is 130 Å². The van der Waals surface area contributed by atoms with Gasteiger partial charge in [-0.3, -0.25) is 86.4 Å². The van der Waals surface area contributed by atoms with E-state index in [2.05, 4.69) is 99.7 Å². The first-order valence-electron chi connectivity index (χ1n) is 41.8. The molecule has 2 aromatic rings. The number of aliphatic hydroxyl groups is 3. The number of aromatic amines is 2. The molecular weight excluding hydrogens is 1640 g/mol. The fraction of sp³-hybridized carbons (Fsp3) is 0.724. The molecule has 0 fully saturated rings. The summed E-state index contributed by atoms with van der Waals surface area (Å²) in [5.41, 5.74) is 10.9. The van der Waals surface area contributed by atoms with Crippen LogP contribution in [0.3, 0.4) is 0 Å². The summed E-state index contributed by atoms with van der Waals surface area (Å²) in [5.74, 6) is -15.2. The van der Waals surface area contributed by atoms with Crippen molar-refractivity contribution in [1.29, 1.82) is 0 Å². The highest BCUT2D eigenvalue weighted by Crippen LogP contribution is 2.15. The molecule has 48 nitrogen and oxygen atoms in total. The number of tetrazole rings is 1. The summed E-state index contributed by atoms with van der Waals surface area (Å²) < 4.78 is 21.4. The molecule has 48 heteroatoms. The lowest BCUT2D eigenvalue weighted by atomic mass is 10.0. The van der Waals surface area contributed by atoms with Crippen molar-refractivity contribution < 1.29 is 126 Å². The number of unbranched alkanes of at least 4 members (excludes halogenated alkanes) is 14. The quantitative estimate of drug-likeness (QED) is 0.0274. The van der Waals surface area contributed by atoms with E-state index < -0.39 is 228 Å². The molecule has 0 radical (unpaired) electrons. The molecular formula is C76H130N22O26. The van der Waals surface area contributed by atoms with Gasteiger partial charge in [-0.15, -0.1) is 5.10 Å². The summed E-state index contributed by atoms with van der Waals surface area (Å²) in [4.78, 5) is 227. The van der Waals surface area contributed by atoms with Crippen molar-refractivity contribution in [3.8, 4) is 0 Å². The molecule has 0 spiro atoms. The fourth-order valence-electron chi connectivity index (χ4n) is 12.0. The van der Waals surface area contributed by atoms with Crippen LogP contribution in [0.5, 0.6) is 0 Å². The van der Waals surface area contributed by atoms with Gasteiger partial charge in [-0.2, -0.15) is 0 Å². The predicted octanol–water partition coefficient (Wildman–Crippen LogP) is -6.95. The minimum absolute atomic E-state index is 0.00209. The molecule has 0 aliphatic carbocycles.